The van der Waals surface area contributed by atoms with E-state index < -0.39 is 11.5 Å². The van der Waals surface area contributed by atoms with Gasteiger partial charge in [-0.3, -0.25) is 4.79 Å². The lowest BCUT2D eigenvalue weighted by molar-refractivity contribution is -0.126. The first-order valence-corrected chi connectivity index (χ1v) is 13.6. The van der Waals surface area contributed by atoms with Crippen LogP contribution in [0, 0.1) is 5.82 Å². The Kier molecular flexibility index (Phi) is 7.13. The topological polar surface area (TPSA) is 104 Å². The van der Waals surface area contributed by atoms with Gasteiger partial charge in [-0.05, 0) is 37.1 Å². The number of phenols is 1. The van der Waals surface area contributed by atoms with Crippen molar-refractivity contribution >= 4 is 45.7 Å². The SMILES string of the molecule is C=CC(=O)N1CCN(c2nc(=O)n(-c3ncsc3C(C)C)c3nc(-c4c(O)cccc4F)c(Cl)cc23)[C@@H](C)C1. The van der Waals surface area contributed by atoms with Crippen molar-refractivity contribution in [2.24, 2.45) is 0 Å². The van der Waals surface area contributed by atoms with Crippen LogP contribution in [0.3, 0.4) is 0 Å². The van der Waals surface area contributed by atoms with Crippen molar-refractivity contribution in [2.45, 2.75) is 32.7 Å². The second-order valence-corrected chi connectivity index (χ2v) is 10.9. The summed E-state index contributed by atoms with van der Waals surface area (Å²) in [4.78, 5) is 43.9. The Morgan fingerprint density at radius 3 is 2.72 bits per heavy atom. The molecule has 9 nitrogen and oxygen atoms in total. The summed E-state index contributed by atoms with van der Waals surface area (Å²) in [5.41, 5.74) is 1.03. The molecule has 0 spiro atoms. The van der Waals surface area contributed by atoms with Crippen molar-refractivity contribution in [3.63, 3.8) is 0 Å². The van der Waals surface area contributed by atoms with Gasteiger partial charge in [-0.2, -0.15) is 4.98 Å². The van der Waals surface area contributed by atoms with Crippen molar-refractivity contribution < 1.29 is 14.3 Å². The number of fused-ring (bicyclic) bond motifs is 1. The predicted octanol–water partition coefficient (Wildman–Crippen LogP) is 4.75. The largest absolute Gasteiger partial charge is 0.507 e. The van der Waals surface area contributed by atoms with Crippen LogP contribution in [-0.4, -0.2) is 61.1 Å². The maximum Gasteiger partial charge on any atom is 0.357 e. The zero-order chi connectivity index (χ0) is 28.0. The summed E-state index contributed by atoms with van der Waals surface area (Å²) < 4.78 is 16.2. The lowest BCUT2D eigenvalue weighted by Gasteiger charge is -2.40. The molecule has 1 aliphatic rings. The molecule has 3 aromatic heterocycles. The number of pyridine rings is 1. The molecule has 4 aromatic rings. The van der Waals surface area contributed by atoms with Crippen LogP contribution in [0.4, 0.5) is 10.2 Å². The number of phenolic OH excluding ortho intramolecular Hbond substituents is 1. The molecule has 0 bridgehead atoms. The molecule has 4 heterocycles. The van der Waals surface area contributed by atoms with E-state index >= 15 is 0 Å². The van der Waals surface area contributed by atoms with Crippen molar-refractivity contribution in [1.82, 2.24) is 24.4 Å². The Morgan fingerprint density at radius 2 is 2.05 bits per heavy atom. The molecule has 1 amide bonds. The van der Waals surface area contributed by atoms with Crippen LogP contribution in [0.5, 0.6) is 5.75 Å². The molecule has 0 unspecified atom stereocenters. The minimum absolute atomic E-state index is 0.0131. The zero-order valence-electron chi connectivity index (χ0n) is 21.6. The standard InChI is InChI=1S/C27H26ClFN6O3S/c1-5-20(37)33-9-10-34(15(4)12-33)24-16-11-17(28)22(21-18(29)7-6-8-19(21)36)31-25(16)35(27(38)32-24)26-23(14(2)3)39-13-30-26/h5-8,11,13-15,36H,1,9-10,12H2,2-4H3/t15-/m0/s1. The maximum absolute atomic E-state index is 14.9. The van der Waals surface area contributed by atoms with Gasteiger partial charge < -0.3 is 14.9 Å². The number of aromatic nitrogens is 4. The number of anilines is 1. The number of halogens is 2. The van der Waals surface area contributed by atoms with Crippen LogP contribution in [0.2, 0.25) is 5.02 Å². The number of thiazole rings is 1. The minimum atomic E-state index is -0.708. The molecular formula is C27H26ClFN6O3S. The van der Waals surface area contributed by atoms with Gasteiger partial charge in [0.15, 0.2) is 11.5 Å². The highest BCUT2D eigenvalue weighted by molar-refractivity contribution is 7.10. The van der Waals surface area contributed by atoms with Crippen LogP contribution in [-0.2, 0) is 4.79 Å². The molecule has 0 radical (unpaired) electrons. The molecule has 1 N–H and O–H groups in total. The van der Waals surface area contributed by atoms with E-state index in [1.165, 1.54) is 40.2 Å². The Morgan fingerprint density at radius 1 is 1.28 bits per heavy atom. The van der Waals surface area contributed by atoms with Gasteiger partial charge in [0, 0.05) is 25.7 Å². The second kappa shape index (κ2) is 10.4. The number of amides is 1. The smallest absolute Gasteiger partial charge is 0.357 e. The number of rotatable bonds is 5. The van der Waals surface area contributed by atoms with E-state index in [1.54, 1.807) is 16.5 Å². The van der Waals surface area contributed by atoms with Gasteiger partial charge in [0.2, 0.25) is 5.91 Å². The van der Waals surface area contributed by atoms with Crippen molar-refractivity contribution in [1.29, 1.82) is 0 Å². The van der Waals surface area contributed by atoms with Crippen LogP contribution in [0.1, 0.15) is 31.6 Å². The lowest BCUT2D eigenvalue weighted by atomic mass is 10.1. The average Bonchev–Trinajstić information content (AvgIpc) is 3.38. The highest BCUT2D eigenvalue weighted by Crippen LogP contribution is 2.39. The lowest BCUT2D eigenvalue weighted by Crippen LogP contribution is -2.54. The Labute approximate surface area is 232 Å². The van der Waals surface area contributed by atoms with Gasteiger partial charge in [-0.25, -0.2) is 23.7 Å². The van der Waals surface area contributed by atoms with Gasteiger partial charge in [0.05, 0.1) is 32.1 Å². The van der Waals surface area contributed by atoms with E-state index in [4.69, 9.17) is 11.6 Å². The normalized spacial score (nSPS) is 15.8. The van der Waals surface area contributed by atoms with Crippen molar-refractivity contribution in [3.05, 3.63) is 68.6 Å². The first kappa shape index (κ1) is 26.8. The van der Waals surface area contributed by atoms with Gasteiger partial charge in [0.1, 0.15) is 17.4 Å². The third-order valence-electron chi connectivity index (χ3n) is 6.73. The Hall–Kier alpha value is -3.83. The Bertz CT molecular complexity index is 1650. The van der Waals surface area contributed by atoms with Gasteiger partial charge >= 0.3 is 5.69 Å². The summed E-state index contributed by atoms with van der Waals surface area (Å²) in [5, 5.41) is 11.0. The third-order valence-corrected chi connectivity index (χ3v) is 8.13. The second-order valence-electron chi connectivity index (χ2n) is 9.60. The van der Waals surface area contributed by atoms with Gasteiger partial charge in [0.25, 0.3) is 0 Å². The number of carbonyl (C=O) groups excluding carboxylic acids is 1. The van der Waals surface area contributed by atoms with Gasteiger partial charge in [-0.1, -0.05) is 38.1 Å². The van der Waals surface area contributed by atoms with Crippen LogP contribution in [0.15, 0.2) is 47.2 Å². The maximum atomic E-state index is 14.9. The van der Waals surface area contributed by atoms with E-state index in [-0.39, 0.29) is 45.5 Å². The number of carbonyl (C=O) groups is 1. The molecule has 1 aliphatic heterocycles. The van der Waals surface area contributed by atoms with Crippen molar-refractivity contribution in [2.75, 3.05) is 24.5 Å². The van der Waals surface area contributed by atoms with E-state index in [9.17, 15) is 19.1 Å². The molecular weight excluding hydrogens is 543 g/mol. The quantitative estimate of drug-likeness (QED) is 0.346. The van der Waals surface area contributed by atoms with E-state index in [0.29, 0.717) is 36.7 Å². The highest BCUT2D eigenvalue weighted by atomic mass is 35.5. The summed E-state index contributed by atoms with van der Waals surface area (Å²) in [6.07, 6.45) is 1.28. The molecule has 1 aromatic carbocycles. The first-order chi connectivity index (χ1) is 18.6. The summed E-state index contributed by atoms with van der Waals surface area (Å²) in [5.74, 6) is -0.410. The van der Waals surface area contributed by atoms with Crippen LogP contribution in [0.25, 0.3) is 28.1 Å². The minimum Gasteiger partial charge on any atom is -0.507 e. The zero-order valence-corrected chi connectivity index (χ0v) is 23.1. The van der Waals surface area contributed by atoms with Gasteiger partial charge in [-0.15, -0.1) is 11.3 Å². The fourth-order valence-electron chi connectivity index (χ4n) is 4.85. The molecule has 39 heavy (non-hydrogen) atoms. The molecule has 0 aliphatic carbocycles. The van der Waals surface area contributed by atoms with E-state index in [1.807, 2.05) is 25.7 Å². The van der Waals surface area contributed by atoms with Crippen molar-refractivity contribution in [3.8, 4) is 22.8 Å². The highest BCUT2D eigenvalue weighted by Gasteiger charge is 2.30. The molecule has 5 rings (SSSR count). The number of hydrogen-bond donors (Lipinski definition) is 1. The first-order valence-electron chi connectivity index (χ1n) is 12.3. The average molecular weight is 569 g/mol. The summed E-state index contributed by atoms with van der Waals surface area (Å²) in [7, 11) is 0. The number of benzene rings is 1. The molecule has 202 valence electrons. The Balaban J connectivity index is 1.78. The number of nitrogens with zero attached hydrogens (tertiary/aromatic N) is 6. The number of piperazine rings is 1. The fourth-order valence-corrected chi connectivity index (χ4v) is 5.88. The van der Waals surface area contributed by atoms with E-state index in [0.717, 1.165) is 4.88 Å². The van der Waals surface area contributed by atoms with Crippen LogP contribution >= 0.6 is 22.9 Å². The molecule has 12 heteroatoms. The summed E-state index contributed by atoms with van der Waals surface area (Å²) in [6.45, 7) is 10.7. The third kappa shape index (κ3) is 4.65. The predicted molar refractivity (Wildman–Crippen MR) is 151 cm³/mol. The number of hydrogen-bond acceptors (Lipinski definition) is 8. The molecule has 1 atom stereocenters. The van der Waals surface area contributed by atoms with E-state index in [2.05, 4.69) is 21.5 Å². The monoisotopic (exact) mass is 568 g/mol. The van der Waals surface area contributed by atoms with Crippen LogP contribution < -0.4 is 10.6 Å². The number of aromatic hydroxyl groups is 1. The molecule has 1 saturated heterocycles. The fraction of sp³-hybridized carbons (Fsp3) is 0.296. The molecule has 0 saturated carbocycles. The summed E-state index contributed by atoms with van der Waals surface area (Å²) >= 11 is 8.07. The molecule has 1 fully saturated rings. The summed E-state index contributed by atoms with van der Waals surface area (Å²) in [6, 6.07) is 5.32.